The van der Waals surface area contributed by atoms with E-state index in [2.05, 4.69) is 15.9 Å². The highest BCUT2D eigenvalue weighted by Crippen LogP contribution is 2.32. The summed E-state index contributed by atoms with van der Waals surface area (Å²) in [5, 5.41) is 8.98. The number of anilines is 1. The fourth-order valence-corrected chi connectivity index (χ4v) is 2.52. The molecule has 1 aliphatic heterocycles. The molecule has 0 atom stereocenters. The summed E-state index contributed by atoms with van der Waals surface area (Å²) < 4.78 is 38.2. The molecule has 1 N–H and O–H groups in total. The number of carbonyl (C=O) groups is 1. The van der Waals surface area contributed by atoms with E-state index in [9.17, 15) is 18.0 Å². The summed E-state index contributed by atoms with van der Waals surface area (Å²) in [5.74, 6) is -1.07. The second kappa shape index (κ2) is 5.47. The third-order valence-electron chi connectivity index (χ3n) is 3.07. The lowest BCUT2D eigenvalue weighted by atomic mass is 10.1. The highest BCUT2D eigenvalue weighted by atomic mass is 79.9. The second-order valence-electron chi connectivity index (χ2n) is 4.43. The van der Waals surface area contributed by atoms with Crippen molar-refractivity contribution < 1.29 is 23.1 Å². The standard InChI is InChI=1S/C13H11BrF3NO2/c14-10-5-8(12(19)20)6-11(7-10)18-3-1-9(2-4-18)13(15,16)17/h1,5-7H,2-4H2,(H,19,20). The minimum atomic E-state index is -4.28. The summed E-state index contributed by atoms with van der Waals surface area (Å²) in [5.41, 5.74) is 0.163. The van der Waals surface area contributed by atoms with E-state index in [-0.39, 0.29) is 25.1 Å². The van der Waals surface area contributed by atoms with Crippen molar-refractivity contribution in [2.75, 3.05) is 18.0 Å². The minimum absolute atomic E-state index is 0.0972. The lowest BCUT2D eigenvalue weighted by Gasteiger charge is -2.29. The van der Waals surface area contributed by atoms with Crippen molar-refractivity contribution in [2.45, 2.75) is 12.6 Å². The molecule has 0 bridgehead atoms. The van der Waals surface area contributed by atoms with Gasteiger partial charge in [0.2, 0.25) is 0 Å². The normalized spacial score (nSPS) is 16.0. The van der Waals surface area contributed by atoms with Crippen molar-refractivity contribution in [3.05, 3.63) is 39.9 Å². The van der Waals surface area contributed by atoms with Crippen LogP contribution < -0.4 is 4.90 Å². The molecule has 1 heterocycles. The third-order valence-corrected chi connectivity index (χ3v) is 3.53. The summed E-state index contributed by atoms with van der Waals surface area (Å²) in [6, 6.07) is 4.60. The molecule has 20 heavy (non-hydrogen) atoms. The Bertz CT molecular complexity index is 569. The molecule has 7 heteroatoms. The SMILES string of the molecule is O=C(O)c1cc(Br)cc(N2CC=C(C(F)(F)F)CC2)c1. The van der Waals surface area contributed by atoms with Crippen molar-refractivity contribution in [1.29, 1.82) is 0 Å². The van der Waals surface area contributed by atoms with Gasteiger partial charge in [0, 0.05) is 28.8 Å². The molecule has 1 aromatic carbocycles. The largest absolute Gasteiger partial charge is 0.478 e. The molecule has 0 saturated carbocycles. The van der Waals surface area contributed by atoms with E-state index >= 15 is 0 Å². The third kappa shape index (κ3) is 3.33. The number of aromatic carboxylic acids is 1. The number of alkyl halides is 3. The second-order valence-corrected chi connectivity index (χ2v) is 5.34. The summed E-state index contributed by atoms with van der Waals surface area (Å²) >= 11 is 3.21. The van der Waals surface area contributed by atoms with Gasteiger partial charge in [-0.2, -0.15) is 13.2 Å². The van der Waals surface area contributed by atoms with E-state index in [0.717, 1.165) is 6.08 Å². The van der Waals surface area contributed by atoms with Crippen molar-refractivity contribution in [3.8, 4) is 0 Å². The maximum absolute atomic E-state index is 12.5. The Kier molecular flexibility index (Phi) is 4.08. The number of hydrogen-bond donors (Lipinski definition) is 1. The van der Waals surface area contributed by atoms with Crippen LogP contribution in [0.2, 0.25) is 0 Å². The van der Waals surface area contributed by atoms with Crippen LogP contribution in [0.1, 0.15) is 16.8 Å². The summed E-state index contributed by atoms with van der Waals surface area (Å²) in [6.07, 6.45) is -3.24. The maximum atomic E-state index is 12.5. The van der Waals surface area contributed by atoms with Gasteiger partial charge in [0.1, 0.15) is 0 Å². The molecule has 2 rings (SSSR count). The Morgan fingerprint density at radius 2 is 2.00 bits per heavy atom. The van der Waals surface area contributed by atoms with Gasteiger partial charge in [-0.05, 0) is 24.6 Å². The first-order chi connectivity index (χ1) is 9.27. The van der Waals surface area contributed by atoms with E-state index in [1.165, 1.54) is 12.1 Å². The molecule has 108 valence electrons. The Balaban J connectivity index is 2.23. The van der Waals surface area contributed by atoms with E-state index in [1.54, 1.807) is 11.0 Å². The zero-order valence-electron chi connectivity index (χ0n) is 10.2. The van der Waals surface area contributed by atoms with Gasteiger partial charge in [-0.3, -0.25) is 0 Å². The number of rotatable bonds is 2. The zero-order chi connectivity index (χ0) is 14.9. The van der Waals surface area contributed by atoms with Gasteiger partial charge in [0.15, 0.2) is 0 Å². The van der Waals surface area contributed by atoms with Crippen molar-refractivity contribution in [2.24, 2.45) is 0 Å². The molecule has 0 unspecified atom stereocenters. The maximum Gasteiger partial charge on any atom is 0.412 e. The number of hydrogen-bond acceptors (Lipinski definition) is 2. The number of benzene rings is 1. The fraction of sp³-hybridized carbons (Fsp3) is 0.308. The Hall–Kier alpha value is -1.50. The zero-order valence-corrected chi connectivity index (χ0v) is 11.8. The van der Waals surface area contributed by atoms with Crippen LogP contribution in [0, 0.1) is 0 Å². The first kappa shape index (κ1) is 14.9. The number of carboxylic acid groups (broad SMARTS) is 1. The highest BCUT2D eigenvalue weighted by molar-refractivity contribution is 9.10. The van der Waals surface area contributed by atoms with Crippen molar-refractivity contribution in [1.82, 2.24) is 0 Å². The average Bonchev–Trinajstić information content (AvgIpc) is 2.37. The Labute approximate surface area is 121 Å². The van der Waals surface area contributed by atoms with Gasteiger partial charge in [0.05, 0.1) is 5.56 Å². The predicted octanol–water partition coefficient (Wildman–Crippen LogP) is 3.85. The van der Waals surface area contributed by atoms with Gasteiger partial charge in [-0.25, -0.2) is 4.79 Å². The van der Waals surface area contributed by atoms with Crippen LogP contribution in [0.15, 0.2) is 34.3 Å². The van der Waals surface area contributed by atoms with Crippen LogP contribution in [0.3, 0.4) is 0 Å². The highest BCUT2D eigenvalue weighted by Gasteiger charge is 2.34. The quantitative estimate of drug-likeness (QED) is 0.824. The molecule has 0 aliphatic carbocycles. The van der Waals surface area contributed by atoms with E-state index in [4.69, 9.17) is 5.11 Å². The van der Waals surface area contributed by atoms with Crippen molar-refractivity contribution >= 4 is 27.6 Å². The van der Waals surface area contributed by atoms with Crippen LogP contribution in [-0.4, -0.2) is 30.3 Å². The lowest BCUT2D eigenvalue weighted by Crippen LogP contribution is -2.32. The molecule has 0 radical (unpaired) electrons. The molecule has 3 nitrogen and oxygen atoms in total. The van der Waals surface area contributed by atoms with Crippen LogP contribution >= 0.6 is 15.9 Å². The van der Waals surface area contributed by atoms with Crippen LogP contribution in [0.25, 0.3) is 0 Å². The fourth-order valence-electron chi connectivity index (χ4n) is 2.04. The van der Waals surface area contributed by atoms with Gasteiger partial charge in [-0.15, -0.1) is 0 Å². The molecule has 0 saturated heterocycles. The predicted molar refractivity (Wildman–Crippen MR) is 72.1 cm³/mol. The number of carboxylic acids is 1. The molecule has 1 aliphatic rings. The molecule has 0 fully saturated rings. The average molecular weight is 350 g/mol. The Morgan fingerprint density at radius 1 is 1.30 bits per heavy atom. The van der Waals surface area contributed by atoms with Gasteiger partial charge in [-0.1, -0.05) is 22.0 Å². The molecule has 0 spiro atoms. The first-order valence-electron chi connectivity index (χ1n) is 5.82. The van der Waals surface area contributed by atoms with E-state index in [1.807, 2.05) is 0 Å². The number of nitrogens with zero attached hydrogens (tertiary/aromatic N) is 1. The summed E-state index contributed by atoms with van der Waals surface area (Å²) in [4.78, 5) is 12.7. The molecule has 1 aromatic rings. The molecule has 0 amide bonds. The topological polar surface area (TPSA) is 40.5 Å². The smallest absolute Gasteiger partial charge is 0.412 e. The summed E-state index contributed by atoms with van der Waals surface area (Å²) in [7, 11) is 0. The van der Waals surface area contributed by atoms with Gasteiger partial charge in [0.25, 0.3) is 0 Å². The lowest BCUT2D eigenvalue weighted by molar-refractivity contribution is -0.0944. The monoisotopic (exact) mass is 349 g/mol. The van der Waals surface area contributed by atoms with Crippen LogP contribution in [-0.2, 0) is 0 Å². The van der Waals surface area contributed by atoms with Crippen molar-refractivity contribution in [3.63, 3.8) is 0 Å². The van der Waals surface area contributed by atoms with Gasteiger partial charge < -0.3 is 10.0 Å². The Morgan fingerprint density at radius 3 is 2.50 bits per heavy atom. The first-order valence-corrected chi connectivity index (χ1v) is 6.62. The molecular weight excluding hydrogens is 339 g/mol. The van der Waals surface area contributed by atoms with Gasteiger partial charge >= 0.3 is 12.1 Å². The van der Waals surface area contributed by atoms with Crippen LogP contribution in [0.5, 0.6) is 0 Å². The van der Waals surface area contributed by atoms with Crippen LogP contribution in [0.4, 0.5) is 18.9 Å². The molecule has 0 aromatic heterocycles. The minimum Gasteiger partial charge on any atom is -0.478 e. The molecular formula is C13H11BrF3NO2. The van der Waals surface area contributed by atoms with E-state index < -0.39 is 17.7 Å². The number of halogens is 4. The summed E-state index contributed by atoms with van der Waals surface area (Å²) in [6.45, 7) is 0.325. The van der Waals surface area contributed by atoms with E-state index in [0.29, 0.717) is 10.2 Å².